The fraction of sp³-hybridized carbons (Fsp3) is 0.259. The molecule has 1 fully saturated rings. The number of benzene rings is 2. The van der Waals surface area contributed by atoms with Crippen LogP contribution in [0.25, 0.3) is 5.76 Å². The number of ether oxygens (including phenoxy) is 2. The molecule has 0 spiro atoms. The van der Waals surface area contributed by atoms with Crippen LogP contribution >= 0.6 is 11.3 Å². The maximum Gasteiger partial charge on any atom is 0.300 e. The summed E-state index contributed by atoms with van der Waals surface area (Å²) in [6.07, 6.45) is 0. The van der Waals surface area contributed by atoms with Crippen molar-refractivity contribution in [2.45, 2.75) is 33.7 Å². The van der Waals surface area contributed by atoms with Gasteiger partial charge >= 0.3 is 0 Å². The largest absolute Gasteiger partial charge is 0.507 e. The van der Waals surface area contributed by atoms with E-state index in [4.69, 9.17) is 9.47 Å². The van der Waals surface area contributed by atoms with Crippen LogP contribution in [0, 0.1) is 13.8 Å². The summed E-state index contributed by atoms with van der Waals surface area (Å²) in [5.41, 5.74) is 2.94. The van der Waals surface area contributed by atoms with Crippen molar-refractivity contribution in [2.24, 2.45) is 0 Å². The summed E-state index contributed by atoms with van der Waals surface area (Å²) in [6.45, 7) is 8.45. The number of hydrogen-bond acceptors (Lipinski definition) is 6. The average Bonchev–Trinajstić information content (AvgIpc) is 3.43. The quantitative estimate of drug-likeness (QED) is 0.265. The van der Waals surface area contributed by atoms with Crippen molar-refractivity contribution in [3.05, 3.63) is 81.1 Å². The molecule has 176 valence electrons. The second-order valence-electron chi connectivity index (χ2n) is 7.93. The van der Waals surface area contributed by atoms with Crippen LogP contribution in [0.4, 0.5) is 5.69 Å². The molecule has 1 amide bonds. The molecule has 1 aliphatic rings. The topological polar surface area (TPSA) is 76.1 Å². The minimum Gasteiger partial charge on any atom is -0.507 e. The zero-order valence-electron chi connectivity index (χ0n) is 19.6. The van der Waals surface area contributed by atoms with Crippen LogP contribution in [0.15, 0.2) is 59.5 Å². The minimum absolute atomic E-state index is 0.0402. The molecular formula is C27H27NO5S. The van der Waals surface area contributed by atoms with Crippen molar-refractivity contribution in [3.63, 3.8) is 0 Å². The molecule has 0 bridgehead atoms. The third-order valence-electron chi connectivity index (χ3n) is 5.91. The lowest BCUT2D eigenvalue weighted by Crippen LogP contribution is -2.29. The van der Waals surface area contributed by atoms with Crippen molar-refractivity contribution >= 4 is 34.5 Å². The molecule has 6 nitrogen and oxygen atoms in total. The molecule has 7 heteroatoms. The summed E-state index contributed by atoms with van der Waals surface area (Å²) in [4.78, 5) is 29.0. The van der Waals surface area contributed by atoms with Crippen molar-refractivity contribution in [2.75, 3.05) is 18.1 Å². The molecular weight excluding hydrogens is 450 g/mol. The van der Waals surface area contributed by atoms with E-state index in [1.54, 1.807) is 18.2 Å². The molecule has 0 saturated carbocycles. The lowest BCUT2D eigenvalue weighted by Gasteiger charge is -2.26. The average molecular weight is 478 g/mol. The van der Waals surface area contributed by atoms with Gasteiger partial charge in [-0.15, -0.1) is 11.3 Å². The highest BCUT2D eigenvalue weighted by molar-refractivity contribution is 7.10. The van der Waals surface area contributed by atoms with Crippen molar-refractivity contribution in [1.82, 2.24) is 0 Å². The molecule has 1 atom stereocenters. The number of aliphatic hydroxyl groups is 1. The predicted molar refractivity (Wildman–Crippen MR) is 134 cm³/mol. The molecule has 2 heterocycles. The Kier molecular flexibility index (Phi) is 6.75. The highest BCUT2D eigenvalue weighted by Crippen LogP contribution is 2.45. The Morgan fingerprint density at radius 1 is 1.03 bits per heavy atom. The van der Waals surface area contributed by atoms with Gasteiger partial charge in [0.2, 0.25) is 0 Å². The van der Waals surface area contributed by atoms with Crippen molar-refractivity contribution in [3.8, 4) is 11.5 Å². The number of rotatable bonds is 7. The first-order chi connectivity index (χ1) is 16.4. The Morgan fingerprint density at radius 3 is 2.47 bits per heavy atom. The van der Waals surface area contributed by atoms with Gasteiger partial charge in [-0.3, -0.25) is 14.5 Å². The van der Waals surface area contributed by atoms with Crippen LogP contribution in [0.1, 0.15) is 41.5 Å². The van der Waals surface area contributed by atoms with Gasteiger partial charge in [-0.25, -0.2) is 0 Å². The molecule has 2 aromatic carbocycles. The SMILES string of the molecule is CCOc1ccc(/C(O)=C2/C(=O)C(=O)N(c3cccc(C)c3C)C2c2cccs2)c(OCC)c1. The lowest BCUT2D eigenvalue weighted by atomic mass is 9.98. The number of hydrogen-bond donors (Lipinski definition) is 1. The lowest BCUT2D eigenvalue weighted by molar-refractivity contribution is -0.132. The highest BCUT2D eigenvalue weighted by atomic mass is 32.1. The van der Waals surface area contributed by atoms with Gasteiger partial charge in [0.25, 0.3) is 11.7 Å². The monoisotopic (exact) mass is 477 g/mol. The zero-order valence-corrected chi connectivity index (χ0v) is 20.4. The summed E-state index contributed by atoms with van der Waals surface area (Å²) in [7, 11) is 0. The van der Waals surface area contributed by atoms with Crippen LogP contribution in [-0.4, -0.2) is 30.0 Å². The first kappa shape index (κ1) is 23.6. The summed E-state index contributed by atoms with van der Waals surface area (Å²) in [5, 5.41) is 13.3. The van der Waals surface area contributed by atoms with Crippen LogP contribution in [0.3, 0.4) is 0 Å². The molecule has 34 heavy (non-hydrogen) atoms. The van der Waals surface area contributed by atoms with E-state index in [1.807, 2.05) is 63.4 Å². The fourth-order valence-electron chi connectivity index (χ4n) is 4.17. The maximum atomic E-state index is 13.4. The number of nitrogens with zero attached hydrogens (tertiary/aromatic N) is 1. The van der Waals surface area contributed by atoms with Gasteiger partial charge in [-0.05, 0) is 68.5 Å². The molecule has 4 rings (SSSR count). The molecule has 1 N–H and O–H groups in total. The van der Waals surface area contributed by atoms with E-state index in [0.29, 0.717) is 36.0 Å². The Labute approximate surface area is 203 Å². The molecule has 0 aliphatic carbocycles. The molecule has 0 radical (unpaired) electrons. The standard InChI is InChI=1S/C27H27NO5S/c1-5-32-18-12-13-19(21(15-18)33-6-2)25(29)23-24(22-11-8-14-34-22)28(27(31)26(23)30)20-10-7-9-16(3)17(20)4/h7-15,24,29H,5-6H2,1-4H3/b25-23-. The summed E-state index contributed by atoms with van der Waals surface area (Å²) in [6, 6.07) is 13.7. The van der Waals surface area contributed by atoms with E-state index >= 15 is 0 Å². The number of carbonyl (C=O) groups is 2. The van der Waals surface area contributed by atoms with Gasteiger partial charge in [0.1, 0.15) is 23.3 Å². The maximum absolute atomic E-state index is 13.4. The van der Waals surface area contributed by atoms with E-state index < -0.39 is 17.7 Å². The summed E-state index contributed by atoms with van der Waals surface area (Å²) < 4.78 is 11.3. The van der Waals surface area contributed by atoms with Gasteiger partial charge in [0.15, 0.2) is 0 Å². The number of aryl methyl sites for hydroxylation is 1. The van der Waals surface area contributed by atoms with Gasteiger partial charge in [0.05, 0.1) is 24.4 Å². The summed E-state index contributed by atoms with van der Waals surface area (Å²) >= 11 is 1.43. The number of Topliss-reactive ketones (excluding diaryl/α,β-unsaturated/α-hetero) is 1. The zero-order chi connectivity index (χ0) is 24.4. The first-order valence-electron chi connectivity index (χ1n) is 11.2. The third-order valence-corrected chi connectivity index (χ3v) is 6.84. The van der Waals surface area contributed by atoms with Crippen molar-refractivity contribution < 1.29 is 24.2 Å². The number of carbonyl (C=O) groups excluding carboxylic acids is 2. The normalized spacial score (nSPS) is 17.3. The highest BCUT2D eigenvalue weighted by Gasteiger charge is 2.48. The smallest absolute Gasteiger partial charge is 0.300 e. The van der Waals surface area contributed by atoms with Crippen LogP contribution in [0.2, 0.25) is 0 Å². The Bertz CT molecular complexity index is 1260. The number of aliphatic hydroxyl groups excluding tert-OH is 1. The Morgan fingerprint density at radius 2 is 1.79 bits per heavy atom. The van der Waals surface area contributed by atoms with E-state index in [-0.39, 0.29) is 11.3 Å². The van der Waals surface area contributed by atoms with Crippen LogP contribution < -0.4 is 14.4 Å². The summed E-state index contributed by atoms with van der Waals surface area (Å²) in [5.74, 6) is -0.691. The van der Waals surface area contributed by atoms with E-state index in [9.17, 15) is 14.7 Å². The molecule has 1 saturated heterocycles. The van der Waals surface area contributed by atoms with Crippen molar-refractivity contribution in [1.29, 1.82) is 0 Å². The van der Waals surface area contributed by atoms with Crippen LogP contribution in [0.5, 0.6) is 11.5 Å². The van der Waals surface area contributed by atoms with E-state index in [2.05, 4.69) is 0 Å². The van der Waals surface area contributed by atoms with Gasteiger partial charge in [0, 0.05) is 16.6 Å². The third kappa shape index (κ3) is 4.07. The molecule has 1 unspecified atom stereocenters. The molecule has 1 aliphatic heterocycles. The number of anilines is 1. The van der Waals surface area contributed by atoms with Gasteiger partial charge in [-0.2, -0.15) is 0 Å². The molecule has 1 aromatic heterocycles. The number of thiophene rings is 1. The van der Waals surface area contributed by atoms with Crippen LogP contribution in [-0.2, 0) is 9.59 Å². The van der Waals surface area contributed by atoms with Gasteiger partial charge < -0.3 is 14.6 Å². The van der Waals surface area contributed by atoms with E-state index in [1.165, 1.54) is 16.2 Å². The van der Waals surface area contributed by atoms with E-state index in [0.717, 1.165) is 16.0 Å². The number of amides is 1. The minimum atomic E-state index is -0.749. The second-order valence-corrected chi connectivity index (χ2v) is 8.91. The second kappa shape index (κ2) is 9.73. The number of ketones is 1. The predicted octanol–water partition coefficient (Wildman–Crippen LogP) is 5.79. The van der Waals surface area contributed by atoms with Gasteiger partial charge in [-0.1, -0.05) is 18.2 Å². The molecule has 3 aromatic rings. The first-order valence-corrected chi connectivity index (χ1v) is 12.1. The Balaban J connectivity index is 1.94. The Hall–Kier alpha value is -3.58. The fourth-order valence-corrected chi connectivity index (χ4v) is 4.99.